The molecule has 1 aliphatic heterocycles. The summed E-state index contributed by atoms with van der Waals surface area (Å²) in [6.45, 7) is 1.98. The zero-order valence-electron chi connectivity index (χ0n) is 18.6. The number of nitrogens with zero attached hydrogens (tertiary/aromatic N) is 3. The Kier molecular flexibility index (Phi) is 5.57. The first-order chi connectivity index (χ1) is 15.5. The van der Waals surface area contributed by atoms with Crippen LogP contribution in [0, 0.1) is 12.7 Å². The lowest BCUT2D eigenvalue weighted by Gasteiger charge is -2.23. The number of anilines is 1. The van der Waals surface area contributed by atoms with Crippen LogP contribution < -0.4 is 9.62 Å². The zero-order chi connectivity index (χ0) is 24.1. The molecule has 1 aliphatic rings. The molecule has 0 atom stereocenters. The highest BCUT2D eigenvalue weighted by atomic mass is 32.2. The summed E-state index contributed by atoms with van der Waals surface area (Å²) in [6.07, 6.45) is 2.70. The lowest BCUT2D eigenvalue weighted by Crippen LogP contribution is -2.27. The van der Waals surface area contributed by atoms with Crippen LogP contribution in [0.1, 0.15) is 37.4 Å². The number of hydrogen-bond acceptors (Lipinski definition) is 5. The van der Waals surface area contributed by atoms with Gasteiger partial charge >= 0.3 is 0 Å². The largest absolute Gasteiger partial charge is 0.355 e. The molecule has 2 amide bonds. The lowest BCUT2D eigenvalue weighted by molar-refractivity contribution is 0.0763. The number of pyridine rings is 1. The highest BCUT2D eigenvalue weighted by Gasteiger charge is 2.36. The number of carbonyl (C=O) groups is 2. The Hall–Kier alpha value is -3.53. The standard InChI is InChI=1S/C23H23FN4O4S/c1-13-19-18(21(27(3)33(4,31)32)16-6-5-9-26-20(13)16)12-28(23(19)30)11-14-7-8-15(24)10-17(14)22(29)25-2/h5-10H,11-12H2,1-4H3,(H,25,29). The number of benzene rings is 2. The minimum atomic E-state index is -3.62. The summed E-state index contributed by atoms with van der Waals surface area (Å²) in [5.41, 5.74) is 3.20. The van der Waals surface area contributed by atoms with E-state index >= 15 is 0 Å². The number of carbonyl (C=O) groups excluding carboxylic acids is 2. The van der Waals surface area contributed by atoms with Gasteiger partial charge in [-0.2, -0.15) is 0 Å². The van der Waals surface area contributed by atoms with Crippen molar-refractivity contribution in [3.05, 3.63) is 70.2 Å². The second-order valence-electron chi connectivity index (χ2n) is 8.00. The number of halogens is 1. The fraction of sp³-hybridized carbons (Fsp3) is 0.261. The second-order valence-corrected chi connectivity index (χ2v) is 10.0. The molecule has 4 rings (SSSR count). The number of nitrogens with one attached hydrogen (secondary N) is 1. The van der Waals surface area contributed by atoms with Crippen molar-refractivity contribution in [2.75, 3.05) is 24.7 Å². The van der Waals surface area contributed by atoms with Crippen molar-refractivity contribution in [3.63, 3.8) is 0 Å². The highest BCUT2D eigenvalue weighted by molar-refractivity contribution is 7.92. The second kappa shape index (κ2) is 8.11. The predicted molar refractivity (Wildman–Crippen MR) is 123 cm³/mol. The maximum absolute atomic E-state index is 13.8. The van der Waals surface area contributed by atoms with Gasteiger partial charge in [0.2, 0.25) is 10.0 Å². The van der Waals surface area contributed by atoms with Crippen LogP contribution in [0.4, 0.5) is 10.1 Å². The van der Waals surface area contributed by atoms with Crippen LogP contribution in [0.25, 0.3) is 10.9 Å². The van der Waals surface area contributed by atoms with Crippen molar-refractivity contribution in [1.82, 2.24) is 15.2 Å². The molecule has 8 nitrogen and oxygen atoms in total. The Bertz CT molecular complexity index is 1420. The highest BCUT2D eigenvalue weighted by Crippen LogP contribution is 2.41. The SMILES string of the molecule is CNC(=O)c1cc(F)ccc1CN1Cc2c(c(C)c3ncccc3c2N(C)S(C)(=O)=O)C1=O. The molecule has 0 fully saturated rings. The molecule has 0 unspecified atom stereocenters. The number of aryl methyl sites for hydroxylation is 1. The van der Waals surface area contributed by atoms with E-state index in [1.807, 2.05) is 0 Å². The molecule has 0 spiro atoms. The number of hydrogen-bond donors (Lipinski definition) is 1. The fourth-order valence-electron chi connectivity index (χ4n) is 4.28. The van der Waals surface area contributed by atoms with E-state index in [4.69, 9.17) is 0 Å². The van der Waals surface area contributed by atoms with Crippen LogP contribution in [0.2, 0.25) is 0 Å². The van der Waals surface area contributed by atoms with Gasteiger partial charge < -0.3 is 10.2 Å². The van der Waals surface area contributed by atoms with E-state index in [-0.39, 0.29) is 24.6 Å². The number of amides is 2. The van der Waals surface area contributed by atoms with Gasteiger partial charge in [-0.05, 0) is 42.3 Å². The van der Waals surface area contributed by atoms with Gasteiger partial charge in [-0.1, -0.05) is 6.07 Å². The Morgan fingerprint density at radius 2 is 2.03 bits per heavy atom. The summed E-state index contributed by atoms with van der Waals surface area (Å²) in [4.78, 5) is 31.6. The van der Waals surface area contributed by atoms with Crippen molar-refractivity contribution >= 4 is 38.4 Å². The zero-order valence-corrected chi connectivity index (χ0v) is 19.5. The minimum Gasteiger partial charge on any atom is -0.355 e. The Balaban J connectivity index is 1.86. The van der Waals surface area contributed by atoms with Crippen LogP contribution in [-0.4, -0.2) is 50.5 Å². The van der Waals surface area contributed by atoms with Gasteiger partial charge in [-0.15, -0.1) is 0 Å². The van der Waals surface area contributed by atoms with E-state index in [1.165, 1.54) is 35.4 Å². The molecule has 0 saturated carbocycles. The van der Waals surface area contributed by atoms with Gasteiger partial charge in [-0.3, -0.25) is 18.9 Å². The fourth-order valence-corrected chi connectivity index (χ4v) is 4.82. The van der Waals surface area contributed by atoms with Crippen LogP contribution in [0.3, 0.4) is 0 Å². The van der Waals surface area contributed by atoms with Crippen molar-refractivity contribution in [2.45, 2.75) is 20.0 Å². The van der Waals surface area contributed by atoms with Gasteiger partial charge in [0.1, 0.15) is 5.82 Å². The number of fused-ring (bicyclic) bond motifs is 2. The Labute approximate surface area is 191 Å². The first kappa shape index (κ1) is 22.7. The number of rotatable bonds is 5. The summed E-state index contributed by atoms with van der Waals surface area (Å²) in [6, 6.07) is 7.35. The molecule has 0 radical (unpaired) electrons. The molecule has 1 N–H and O–H groups in total. The molecular weight excluding hydrogens is 447 g/mol. The van der Waals surface area contributed by atoms with Gasteiger partial charge in [0, 0.05) is 49.9 Å². The third-order valence-electron chi connectivity index (χ3n) is 5.95. The molecule has 2 aromatic carbocycles. The van der Waals surface area contributed by atoms with Gasteiger partial charge in [0.15, 0.2) is 0 Å². The van der Waals surface area contributed by atoms with E-state index in [0.29, 0.717) is 38.8 Å². The molecule has 3 aromatic rings. The molecule has 0 saturated heterocycles. The maximum Gasteiger partial charge on any atom is 0.255 e. The molecule has 0 aliphatic carbocycles. The summed E-state index contributed by atoms with van der Waals surface area (Å²) in [5, 5.41) is 3.11. The average Bonchev–Trinajstić information content (AvgIpc) is 3.09. The molecule has 33 heavy (non-hydrogen) atoms. The normalized spacial score (nSPS) is 13.4. The monoisotopic (exact) mass is 470 g/mol. The van der Waals surface area contributed by atoms with E-state index in [2.05, 4.69) is 10.3 Å². The number of aromatic nitrogens is 1. The van der Waals surface area contributed by atoms with Gasteiger partial charge in [0.05, 0.1) is 23.0 Å². The molecule has 0 bridgehead atoms. The third-order valence-corrected chi connectivity index (χ3v) is 7.13. The average molecular weight is 471 g/mol. The van der Waals surface area contributed by atoms with Gasteiger partial charge in [-0.25, -0.2) is 12.8 Å². The first-order valence-corrected chi connectivity index (χ1v) is 12.0. The molecule has 2 heterocycles. The van der Waals surface area contributed by atoms with Crippen LogP contribution >= 0.6 is 0 Å². The Morgan fingerprint density at radius 1 is 1.30 bits per heavy atom. The lowest BCUT2D eigenvalue weighted by atomic mass is 9.97. The van der Waals surface area contributed by atoms with E-state index < -0.39 is 21.7 Å². The van der Waals surface area contributed by atoms with Crippen molar-refractivity contribution in [2.24, 2.45) is 0 Å². The molecule has 10 heteroatoms. The van der Waals surface area contributed by atoms with Crippen LogP contribution in [0.15, 0.2) is 36.5 Å². The van der Waals surface area contributed by atoms with E-state index in [1.54, 1.807) is 25.3 Å². The van der Waals surface area contributed by atoms with E-state index in [0.717, 1.165) is 12.3 Å². The topological polar surface area (TPSA) is 99.7 Å². The van der Waals surface area contributed by atoms with Gasteiger partial charge in [0.25, 0.3) is 11.8 Å². The molecule has 172 valence electrons. The first-order valence-electron chi connectivity index (χ1n) is 10.2. The summed E-state index contributed by atoms with van der Waals surface area (Å²) < 4.78 is 39.8. The molecular formula is C23H23FN4O4S. The number of sulfonamides is 1. The van der Waals surface area contributed by atoms with Crippen LogP contribution in [0.5, 0.6) is 0 Å². The summed E-state index contributed by atoms with van der Waals surface area (Å²) in [7, 11) is -0.725. The van der Waals surface area contributed by atoms with Crippen molar-refractivity contribution < 1.29 is 22.4 Å². The molecule has 1 aromatic heterocycles. The maximum atomic E-state index is 13.8. The predicted octanol–water partition coefficient (Wildman–Crippen LogP) is 2.59. The van der Waals surface area contributed by atoms with Crippen molar-refractivity contribution in [1.29, 1.82) is 0 Å². The third kappa shape index (κ3) is 3.80. The quantitative estimate of drug-likeness (QED) is 0.618. The summed E-state index contributed by atoms with van der Waals surface area (Å²) in [5.74, 6) is -1.32. The smallest absolute Gasteiger partial charge is 0.255 e. The summed E-state index contributed by atoms with van der Waals surface area (Å²) >= 11 is 0. The van der Waals surface area contributed by atoms with Crippen molar-refractivity contribution in [3.8, 4) is 0 Å². The van der Waals surface area contributed by atoms with E-state index in [9.17, 15) is 22.4 Å². The minimum absolute atomic E-state index is 0.0573. The van der Waals surface area contributed by atoms with Crippen LogP contribution in [-0.2, 0) is 23.1 Å². The Morgan fingerprint density at radius 3 is 2.70 bits per heavy atom.